The second-order valence-electron chi connectivity index (χ2n) is 3.87. The summed E-state index contributed by atoms with van der Waals surface area (Å²) in [5.41, 5.74) is -1.46. The lowest BCUT2D eigenvalue weighted by molar-refractivity contribution is -0.421. The van der Waals surface area contributed by atoms with Gasteiger partial charge in [-0.2, -0.15) is 0 Å². The Kier molecular flexibility index (Phi) is 1.96. The molecule has 1 aliphatic rings. The molecular formula is C7H14NO3. The van der Waals surface area contributed by atoms with Crippen molar-refractivity contribution in [2.24, 2.45) is 0 Å². The highest BCUT2D eigenvalue weighted by Crippen LogP contribution is 2.39. The van der Waals surface area contributed by atoms with Crippen LogP contribution >= 0.6 is 0 Å². The summed E-state index contributed by atoms with van der Waals surface area (Å²) >= 11 is 0. The molecule has 0 aromatic heterocycles. The van der Waals surface area contributed by atoms with Crippen molar-refractivity contribution < 1.29 is 15.4 Å². The molecule has 1 atom stereocenters. The molecule has 0 amide bonds. The Balaban J connectivity index is 2.78. The van der Waals surface area contributed by atoms with Crippen LogP contribution in [0.2, 0.25) is 0 Å². The molecule has 1 unspecified atom stereocenters. The Bertz CT molecular complexity index is 160. The van der Waals surface area contributed by atoms with Gasteiger partial charge in [0.1, 0.15) is 0 Å². The van der Waals surface area contributed by atoms with Gasteiger partial charge in [0.05, 0.1) is 0 Å². The topological polar surface area (TPSA) is 52.6 Å². The van der Waals surface area contributed by atoms with Gasteiger partial charge in [-0.25, -0.2) is 10.1 Å². The van der Waals surface area contributed by atoms with Crippen LogP contribution in [0.3, 0.4) is 0 Å². The summed E-state index contributed by atoms with van der Waals surface area (Å²) in [7, 11) is 0. The zero-order valence-electron chi connectivity index (χ0n) is 7.13. The van der Waals surface area contributed by atoms with Crippen molar-refractivity contribution in [2.75, 3.05) is 0 Å². The maximum atomic E-state index is 11.4. The third-order valence-electron chi connectivity index (χ3n) is 2.38. The van der Waals surface area contributed by atoms with E-state index in [-0.39, 0.29) is 0 Å². The molecule has 65 valence electrons. The molecule has 1 rings (SSSR count). The smallest absolute Gasteiger partial charge is 0.179 e. The van der Waals surface area contributed by atoms with Crippen molar-refractivity contribution in [3.05, 3.63) is 0 Å². The summed E-state index contributed by atoms with van der Waals surface area (Å²) in [6.45, 7) is 5.27. The van der Waals surface area contributed by atoms with Crippen LogP contribution in [0.25, 0.3) is 0 Å². The van der Waals surface area contributed by atoms with Crippen LogP contribution in [0.4, 0.5) is 0 Å². The Hall–Kier alpha value is -0.160. The highest BCUT2D eigenvalue weighted by Gasteiger charge is 2.50. The molecule has 0 saturated carbocycles. The highest BCUT2D eigenvalue weighted by molar-refractivity contribution is 4.92. The Morgan fingerprint density at radius 2 is 1.91 bits per heavy atom. The molecule has 1 fully saturated rings. The fourth-order valence-corrected chi connectivity index (χ4v) is 1.46. The molecule has 1 heterocycles. The zero-order valence-corrected chi connectivity index (χ0v) is 7.13. The van der Waals surface area contributed by atoms with E-state index in [9.17, 15) is 5.21 Å². The SMILES string of the molecule is CC1(C)CCC(C)(OO)N1[O]. The standard InChI is InChI=1S/C7H14NO3/c1-6(2)4-5-7(3,11-10)8(6)9/h10H,4-5H2,1-3H3. The van der Waals surface area contributed by atoms with Crippen LogP contribution in [-0.4, -0.2) is 21.6 Å². The summed E-state index contributed by atoms with van der Waals surface area (Å²) in [6, 6.07) is 0. The van der Waals surface area contributed by atoms with E-state index in [1.165, 1.54) is 0 Å². The molecule has 4 nitrogen and oxygen atoms in total. The average Bonchev–Trinajstić information content (AvgIpc) is 2.16. The number of hydroxylamine groups is 2. The Labute approximate surface area is 66.3 Å². The molecule has 1 saturated heterocycles. The summed E-state index contributed by atoms with van der Waals surface area (Å²) in [6.07, 6.45) is 1.31. The molecule has 1 radical (unpaired) electrons. The largest absolute Gasteiger partial charge is 0.250 e. The normalized spacial score (nSPS) is 37.9. The van der Waals surface area contributed by atoms with Gasteiger partial charge in [0, 0.05) is 5.54 Å². The second-order valence-corrected chi connectivity index (χ2v) is 3.87. The van der Waals surface area contributed by atoms with Crippen LogP contribution in [-0.2, 0) is 10.1 Å². The summed E-state index contributed by atoms with van der Waals surface area (Å²) in [4.78, 5) is 4.16. The number of rotatable bonds is 1. The molecule has 0 bridgehead atoms. The van der Waals surface area contributed by atoms with E-state index in [4.69, 9.17) is 5.26 Å². The van der Waals surface area contributed by atoms with Crippen molar-refractivity contribution in [1.29, 1.82) is 0 Å². The van der Waals surface area contributed by atoms with Crippen LogP contribution in [0.1, 0.15) is 33.6 Å². The van der Waals surface area contributed by atoms with Gasteiger partial charge in [0.2, 0.25) is 0 Å². The molecule has 0 aliphatic carbocycles. The number of hydrogen-bond acceptors (Lipinski definition) is 3. The monoisotopic (exact) mass is 160 g/mol. The molecule has 1 aliphatic heterocycles. The first-order valence-corrected chi connectivity index (χ1v) is 3.72. The predicted molar refractivity (Wildman–Crippen MR) is 38.0 cm³/mol. The average molecular weight is 160 g/mol. The van der Waals surface area contributed by atoms with E-state index in [0.29, 0.717) is 6.42 Å². The maximum Gasteiger partial charge on any atom is 0.179 e. The van der Waals surface area contributed by atoms with Crippen LogP contribution in [0.15, 0.2) is 0 Å². The number of nitrogens with zero attached hydrogens (tertiary/aromatic N) is 1. The first kappa shape index (κ1) is 8.93. The van der Waals surface area contributed by atoms with E-state index in [1.54, 1.807) is 6.92 Å². The molecule has 0 aromatic rings. The van der Waals surface area contributed by atoms with E-state index >= 15 is 0 Å². The van der Waals surface area contributed by atoms with Crippen molar-refractivity contribution in [3.63, 3.8) is 0 Å². The Morgan fingerprint density at radius 1 is 1.36 bits per heavy atom. The van der Waals surface area contributed by atoms with Crippen molar-refractivity contribution in [3.8, 4) is 0 Å². The lowest BCUT2D eigenvalue weighted by Crippen LogP contribution is -2.47. The van der Waals surface area contributed by atoms with Gasteiger partial charge >= 0.3 is 0 Å². The highest BCUT2D eigenvalue weighted by atomic mass is 17.1. The van der Waals surface area contributed by atoms with Gasteiger partial charge in [0.25, 0.3) is 0 Å². The summed E-state index contributed by atoms with van der Waals surface area (Å²) < 4.78 is 0. The minimum Gasteiger partial charge on any atom is -0.250 e. The molecule has 4 heteroatoms. The van der Waals surface area contributed by atoms with E-state index in [0.717, 1.165) is 11.5 Å². The lowest BCUT2D eigenvalue weighted by Gasteiger charge is -2.31. The predicted octanol–water partition coefficient (Wildman–Crippen LogP) is 1.41. The maximum absolute atomic E-state index is 11.4. The third kappa shape index (κ3) is 1.27. The second kappa shape index (κ2) is 2.42. The van der Waals surface area contributed by atoms with Crippen molar-refractivity contribution >= 4 is 0 Å². The van der Waals surface area contributed by atoms with Gasteiger partial charge in [-0.3, -0.25) is 0 Å². The molecule has 11 heavy (non-hydrogen) atoms. The molecular weight excluding hydrogens is 146 g/mol. The zero-order chi connectivity index (χ0) is 8.70. The fourth-order valence-electron chi connectivity index (χ4n) is 1.46. The summed E-state index contributed by atoms with van der Waals surface area (Å²) in [5, 5.41) is 20.7. The van der Waals surface area contributed by atoms with Gasteiger partial charge in [-0.05, 0) is 33.6 Å². The third-order valence-corrected chi connectivity index (χ3v) is 2.38. The molecule has 0 aromatic carbocycles. The van der Waals surface area contributed by atoms with E-state index in [2.05, 4.69) is 4.89 Å². The quantitative estimate of drug-likeness (QED) is 0.466. The van der Waals surface area contributed by atoms with E-state index < -0.39 is 11.3 Å². The van der Waals surface area contributed by atoms with Gasteiger partial charge in [-0.15, -0.1) is 10.3 Å². The fraction of sp³-hybridized carbons (Fsp3) is 1.00. The minimum atomic E-state index is -1.04. The van der Waals surface area contributed by atoms with E-state index in [1.807, 2.05) is 13.8 Å². The van der Waals surface area contributed by atoms with Crippen LogP contribution in [0, 0.1) is 0 Å². The first-order chi connectivity index (χ1) is 4.92. The number of hydrogen-bond donors (Lipinski definition) is 1. The first-order valence-electron chi connectivity index (χ1n) is 3.72. The van der Waals surface area contributed by atoms with Crippen molar-refractivity contribution in [1.82, 2.24) is 5.06 Å². The lowest BCUT2D eigenvalue weighted by atomic mass is 10.0. The Morgan fingerprint density at radius 3 is 2.09 bits per heavy atom. The van der Waals surface area contributed by atoms with Gasteiger partial charge < -0.3 is 0 Å². The van der Waals surface area contributed by atoms with Crippen molar-refractivity contribution in [2.45, 2.75) is 44.9 Å². The summed E-state index contributed by atoms with van der Waals surface area (Å²) in [5.74, 6) is 0. The van der Waals surface area contributed by atoms with Gasteiger partial charge in [-0.1, -0.05) is 0 Å². The minimum absolute atomic E-state index is 0.419. The van der Waals surface area contributed by atoms with Crippen LogP contribution < -0.4 is 0 Å². The molecule has 0 spiro atoms. The van der Waals surface area contributed by atoms with Crippen LogP contribution in [0.5, 0.6) is 0 Å². The molecule has 1 N–H and O–H groups in total. The van der Waals surface area contributed by atoms with Gasteiger partial charge in [0.15, 0.2) is 5.72 Å².